The van der Waals surface area contributed by atoms with Gasteiger partial charge >= 0.3 is 0 Å². The molecule has 26 heavy (non-hydrogen) atoms. The molecule has 0 aromatic rings. The Labute approximate surface area is 181 Å². The molecule has 0 saturated carbocycles. The van der Waals surface area contributed by atoms with Gasteiger partial charge in [0.05, 0.1) is 13.6 Å². The fourth-order valence-electron chi connectivity index (χ4n) is 3.93. The zero-order chi connectivity index (χ0) is 18.4. The third kappa shape index (κ3) is 10.6. The first-order valence-corrected chi connectivity index (χ1v) is 11.3. The van der Waals surface area contributed by atoms with Gasteiger partial charge in [-0.1, -0.05) is 90.4 Å². The van der Waals surface area contributed by atoms with Gasteiger partial charge < -0.3 is 24.0 Å². The molecule has 4 heteroatoms. The van der Waals surface area contributed by atoms with Crippen LogP contribution in [-0.2, 0) is 0 Å². The first kappa shape index (κ1) is 26.3. The lowest BCUT2D eigenvalue weighted by Crippen LogP contribution is -3.00. The first-order valence-electron chi connectivity index (χ1n) is 11.3. The fraction of sp³-hybridized carbons (Fsp3) is 0.955. The molecular formula is C22H46IN3. The maximum atomic E-state index is 6.16. The van der Waals surface area contributed by atoms with Gasteiger partial charge in [-0.25, -0.2) is 4.99 Å². The fourth-order valence-corrected chi connectivity index (χ4v) is 3.93. The van der Waals surface area contributed by atoms with Crippen LogP contribution in [0.4, 0.5) is 0 Å². The summed E-state index contributed by atoms with van der Waals surface area (Å²) in [5.41, 5.74) is 6.16. The smallest absolute Gasteiger partial charge is 0.199 e. The summed E-state index contributed by atoms with van der Waals surface area (Å²) in [6.45, 7) is 6.46. The summed E-state index contributed by atoms with van der Waals surface area (Å²) >= 11 is 0. The standard InChI is InChI=1S/C22H46N3.HI/c1-4-5-6-7-8-9-10-11-12-13-14-15-16-17-18-22-24-19-20-25(22,3)21(2)23;/h21H,4-20,23H2,1-3H3;1H/q+1;/p-1. The molecule has 2 atom stereocenters. The highest BCUT2D eigenvalue weighted by atomic mass is 127. The van der Waals surface area contributed by atoms with Crippen LogP contribution in [0.5, 0.6) is 0 Å². The molecule has 1 aliphatic rings. The maximum absolute atomic E-state index is 6.16. The lowest BCUT2D eigenvalue weighted by molar-refractivity contribution is -0.840. The molecule has 1 aliphatic heterocycles. The largest absolute Gasteiger partial charge is 1.00 e. The van der Waals surface area contributed by atoms with Crippen molar-refractivity contribution in [2.75, 3.05) is 20.1 Å². The Hall–Kier alpha value is 0.320. The molecule has 0 amide bonds. The van der Waals surface area contributed by atoms with Crippen LogP contribution in [0.3, 0.4) is 0 Å². The van der Waals surface area contributed by atoms with E-state index >= 15 is 0 Å². The van der Waals surface area contributed by atoms with Gasteiger partial charge in [0.25, 0.3) is 0 Å². The van der Waals surface area contributed by atoms with Crippen LogP contribution in [-0.4, -0.2) is 36.6 Å². The number of aliphatic imine (C=N–C) groups is 1. The minimum atomic E-state index is 0. The Morgan fingerprint density at radius 1 is 0.846 bits per heavy atom. The normalized spacial score (nSPS) is 20.7. The monoisotopic (exact) mass is 479 g/mol. The molecule has 156 valence electrons. The summed E-state index contributed by atoms with van der Waals surface area (Å²) in [6, 6.07) is 0. The number of halogens is 1. The second-order valence-corrected chi connectivity index (χ2v) is 8.38. The van der Waals surface area contributed by atoms with Crippen LogP contribution in [0, 0.1) is 0 Å². The van der Waals surface area contributed by atoms with Crippen LogP contribution >= 0.6 is 0 Å². The predicted molar refractivity (Wildman–Crippen MR) is 112 cm³/mol. The summed E-state index contributed by atoms with van der Waals surface area (Å²) in [5, 5.41) is 0. The number of likely N-dealkylation sites (N-methyl/N-ethyl adjacent to an activating group) is 1. The van der Waals surface area contributed by atoms with E-state index in [-0.39, 0.29) is 30.1 Å². The maximum Gasteiger partial charge on any atom is 0.199 e. The number of nitrogens with two attached hydrogens (primary N) is 1. The van der Waals surface area contributed by atoms with Crippen molar-refractivity contribution >= 4 is 5.84 Å². The summed E-state index contributed by atoms with van der Waals surface area (Å²) in [6.07, 6.45) is 21.2. The van der Waals surface area contributed by atoms with Crippen molar-refractivity contribution in [3.8, 4) is 0 Å². The number of quaternary nitrogens is 1. The Morgan fingerprint density at radius 2 is 1.27 bits per heavy atom. The average Bonchev–Trinajstić information content (AvgIpc) is 2.97. The molecule has 0 aromatic heterocycles. The molecule has 0 bridgehead atoms. The Bertz CT molecular complexity index is 357. The van der Waals surface area contributed by atoms with Gasteiger partial charge in [0.15, 0.2) is 5.84 Å². The van der Waals surface area contributed by atoms with Crippen LogP contribution in [0.2, 0.25) is 0 Å². The van der Waals surface area contributed by atoms with Crippen molar-refractivity contribution in [2.24, 2.45) is 10.7 Å². The summed E-state index contributed by atoms with van der Waals surface area (Å²) < 4.78 is 0.873. The first-order chi connectivity index (χ1) is 12.1. The van der Waals surface area contributed by atoms with Gasteiger partial charge in [0.1, 0.15) is 12.7 Å². The molecule has 0 aromatic carbocycles. The van der Waals surface area contributed by atoms with Crippen LogP contribution < -0.4 is 29.7 Å². The second kappa shape index (κ2) is 16.3. The molecule has 0 fully saturated rings. The summed E-state index contributed by atoms with van der Waals surface area (Å²) in [5.74, 6) is 1.34. The minimum absolute atomic E-state index is 0. The van der Waals surface area contributed by atoms with E-state index in [0.29, 0.717) is 0 Å². The van der Waals surface area contributed by atoms with E-state index in [2.05, 4.69) is 20.9 Å². The number of hydrogen-bond acceptors (Lipinski definition) is 2. The molecule has 0 radical (unpaired) electrons. The molecule has 3 nitrogen and oxygen atoms in total. The van der Waals surface area contributed by atoms with Crippen molar-refractivity contribution in [1.82, 2.24) is 0 Å². The number of hydrogen-bond donors (Lipinski definition) is 1. The minimum Gasteiger partial charge on any atom is -1.00 e. The predicted octanol–water partition coefficient (Wildman–Crippen LogP) is 3.03. The number of amidine groups is 1. The van der Waals surface area contributed by atoms with Gasteiger partial charge in [-0.2, -0.15) is 0 Å². The zero-order valence-corrected chi connectivity index (χ0v) is 20.1. The Morgan fingerprint density at radius 3 is 1.69 bits per heavy atom. The van der Waals surface area contributed by atoms with Gasteiger partial charge in [-0.05, 0) is 6.42 Å². The highest BCUT2D eigenvalue weighted by Crippen LogP contribution is 2.20. The molecule has 1 heterocycles. The van der Waals surface area contributed by atoms with Gasteiger partial charge in [-0.3, -0.25) is 10.2 Å². The van der Waals surface area contributed by atoms with E-state index in [4.69, 9.17) is 10.7 Å². The Kier molecular flexibility index (Phi) is 16.5. The molecule has 0 spiro atoms. The van der Waals surface area contributed by atoms with Crippen LogP contribution in [0.15, 0.2) is 4.99 Å². The molecule has 2 unspecified atom stereocenters. The van der Waals surface area contributed by atoms with E-state index in [1.54, 1.807) is 0 Å². The van der Waals surface area contributed by atoms with Gasteiger partial charge in [-0.15, -0.1) is 0 Å². The molecule has 2 N–H and O–H groups in total. The van der Waals surface area contributed by atoms with Crippen molar-refractivity contribution in [3.63, 3.8) is 0 Å². The van der Waals surface area contributed by atoms with Crippen LogP contribution in [0.1, 0.15) is 110 Å². The number of nitrogens with zero attached hydrogens (tertiary/aromatic N) is 2. The lowest BCUT2D eigenvalue weighted by Gasteiger charge is -2.33. The van der Waals surface area contributed by atoms with E-state index < -0.39 is 0 Å². The second-order valence-electron chi connectivity index (χ2n) is 8.38. The van der Waals surface area contributed by atoms with Gasteiger partial charge in [0, 0.05) is 13.3 Å². The van der Waals surface area contributed by atoms with Gasteiger partial charge in [0.2, 0.25) is 0 Å². The van der Waals surface area contributed by atoms with Crippen molar-refractivity contribution in [3.05, 3.63) is 0 Å². The molecule has 1 rings (SSSR count). The highest BCUT2D eigenvalue weighted by Gasteiger charge is 2.36. The third-order valence-corrected chi connectivity index (χ3v) is 6.10. The summed E-state index contributed by atoms with van der Waals surface area (Å²) in [4.78, 5) is 4.72. The zero-order valence-electron chi connectivity index (χ0n) is 17.9. The van der Waals surface area contributed by atoms with Crippen LogP contribution in [0.25, 0.3) is 0 Å². The van der Waals surface area contributed by atoms with E-state index in [1.807, 2.05) is 0 Å². The van der Waals surface area contributed by atoms with Crippen molar-refractivity contribution in [2.45, 2.75) is 116 Å². The molecule has 0 aliphatic carbocycles. The lowest BCUT2D eigenvalue weighted by atomic mass is 10.0. The summed E-state index contributed by atoms with van der Waals surface area (Å²) in [7, 11) is 2.25. The molecule has 0 saturated heterocycles. The third-order valence-electron chi connectivity index (χ3n) is 6.10. The topological polar surface area (TPSA) is 38.4 Å². The van der Waals surface area contributed by atoms with Crippen molar-refractivity contribution < 1.29 is 28.5 Å². The highest BCUT2D eigenvalue weighted by molar-refractivity contribution is 5.76. The SMILES string of the molecule is CCCCCCCCCCCCCCCCC1=NCC[N+]1(C)C(C)N.[I-]. The number of unbranched alkanes of at least 4 members (excludes halogenated alkanes) is 13. The molecular weight excluding hydrogens is 433 g/mol. The quantitative estimate of drug-likeness (QED) is 0.206. The van der Waals surface area contributed by atoms with E-state index in [9.17, 15) is 0 Å². The Balaban J connectivity index is 0.00000625. The average molecular weight is 480 g/mol. The van der Waals surface area contributed by atoms with E-state index in [1.165, 1.54) is 95.7 Å². The van der Waals surface area contributed by atoms with Crippen molar-refractivity contribution in [1.29, 1.82) is 0 Å². The number of rotatable bonds is 16. The van der Waals surface area contributed by atoms with E-state index in [0.717, 1.165) is 24.0 Å².